The highest BCUT2D eigenvalue weighted by Gasteiger charge is 2.30. The van der Waals surface area contributed by atoms with Gasteiger partial charge in [-0.25, -0.2) is 13.1 Å². The molecule has 1 aliphatic heterocycles. The number of hydrogen-bond acceptors (Lipinski definition) is 5. The van der Waals surface area contributed by atoms with Crippen LogP contribution in [0.2, 0.25) is 0 Å². The number of rotatable bonds is 6. The molecule has 2 rings (SSSR count). The number of likely N-dealkylation sites (tertiary alicyclic amines) is 1. The lowest BCUT2D eigenvalue weighted by Crippen LogP contribution is -2.44. The Morgan fingerprint density at radius 3 is 2.64 bits per heavy atom. The molecule has 138 valence electrons. The molecule has 1 amide bonds. The third-order valence-electron chi connectivity index (χ3n) is 4.01. The van der Waals surface area contributed by atoms with Crippen LogP contribution in [0.5, 0.6) is 0 Å². The molecule has 1 fully saturated rings. The summed E-state index contributed by atoms with van der Waals surface area (Å²) in [4.78, 5) is 26.5. The molecule has 25 heavy (non-hydrogen) atoms. The van der Waals surface area contributed by atoms with Crippen molar-refractivity contribution in [1.82, 2.24) is 9.62 Å². The molecule has 7 nitrogen and oxygen atoms in total. The van der Waals surface area contributed by atoms with Crippen molar-refractivity contribution in [2.24, 2.45) is 5.92 Å². The molecular weight excluding hydrogens is 344 g/mol. The molecule has 0 unspecified atom stereocenters. The van der Waals surface area contributed by atoms with Gasteiger partial charge >= 0.3 is 5.97 Å². The number of amides is 1. The highest BCUT2D eigenvalue weighted by atomic mass is 32.2. The molecule has 1 heterocycles. The third-order valence-corrected chi connectivity index (χ3v) is 4.70. The van der Waals surface area contributed by atoms with Crippen LogP contribution in [-0.2, 0) is 19.6 Å². The molecule has 1 aliphatic rings. The van der Waals surface area contributed by atoms with Crippen molar-refractivity contribution in [1.29, 1.82) is 0 Å². The molecule has 1 aromatic carbocycles. The Morgan fingerprint density at radius 1 is 1.32 bits per heavy atom. The fraction of sp³-hybridized carbons (Fsp3) is 0.529. The molecule has 0 saturated carbocycles. The number of esters is 1. The zero-order valence-corrected chi connectivity index (χ0v) is 15.3. The number of nitrogens with zero attached hydrogens (tertiary/aromatic N) is 1. The summed E-state index contributed by atoms with van der Waals surface area (Å²) in [6.07, 6.45) is 1.87. The predicted molar refractivity (Wildman–Crippen MR) is 93.5 cm³/mol. The molecule has 0 spiro atoms. The van der Waals surface area contributed by atoms with Gasteiger partial charge in [-0.3, -0.25) is 9.59 Å². The Balaban J connectivity index is 1.89. The molecule has 0 radical (unpaired) electrons. The van der Waals surface area contributed by atoms with Crippen LogP contribution in [0.25, 0.3) is 0 Å². The number of piperidine rings is 1. The van der Waals surface area contributed by atoms with E-state index in [2.05, 4.69) is 4.72 Å². The van der Waals surface area contributed by atoms with Gasteiger partial charge in [-0.15, -0.1) is 0 Å². The summed E-state index contributed by atoms with van der Waals surface area (Å²) < 4.78 is 29.8. The fourth-order valence-corrected chi connectivity index (χ4v) is 3.26. The number of nitrogens with one attached hydrogen (secondary N) is 1. The van der Waals surface area contributed by atoms with E-state index in [0.29, 0.717) is 25.1 Å². The van der Waals surface area contributed by atoms with Crippen molar-refractivity contribution >= 4 is 21.9 Å². The maximum absolute atomic E-state index is 12.5. The summed E-state index contributed by atoms with van der Waals surface area (Å²) in [6.45, 7) is 2.59. The van der Waals surface area contributed by atoms with Crippen LogP contribution in [0.15, 0.2) is 30.3 Å². The van der Waals surface area contributed by atoms with Crippen LogP contribution in [-0.4, -0.2) is 57.2 Å². The van der Waals surface area contributed by atoms with Crippen LogP contribution >= 0.6 is 0 Å². The van der Waals surface area contributed by atoms with Gasteiger partial charge in [-0.05, 0) is 31.9 Å². The first-order valence-electron chi connectivity index (χ1n) is 8.25. The van der Waals surface area contributed by atoms with Crippen LogP contribution in [0, 0.1) is 5.92 Å². The summed E-state index contributed by atoms with van der Waals surface area (Å²) in [6, 6.07) is 8.96. The lowest BCUT2D eigenvalue weighted by atomic mass is 9.97. The van der Waals surface area contributed by atoms with E-state index in [1.165, 1.54) is 0 Å². The highest BCUT2D eigenvalue weighted by molar-refractivity contribution is 7.88. The van der Waals surface area contributed by atoms with Gasteiger partial charge in [0.1, 0.15) is 6.10 Å². The van der Waals surface area contributed by atoms with Crippen molar-refractivity contribution < 1.29 is 22.7 Å². The number of carbonyl (C=O) groups is 2. The van der Waals surface area contributed by atoms with Crippen molar-refractivity contribution in [3.63, 3.8) is 0 Å². The summed E-state index contributed by atoms with van der Waals surface area (Å²) in [5.74, 6) is -0.875. The third kappa shape index (κ3) is 6.13. The molecule has 1 aromatic rings. The first kappa shape index (κ1) is 19.4. The van der Waals surface area contributed by atoms with Crippen LogP contribution < -0.4 is 4.72 Å². The smallest absolute Gasteiger partial charge is 0.311 e. The molecule has 1 N–H and O–H groups in total. The minimum atomic E-state index is -3.32. The quantitative estimate of drug-likeness (QED) is 0.757. The summed E-state index contributed by atoms with van der Waals surface area (Å²) in [7, 11) is -3.32. The van der Waals surface area contributed by atoms with Gasteiger partial charge in [0.05, 0.1) is 12.2 Å². The van der Waals surface area contributed by atoms with Gasteiger partial charge < -0.3 is 9.64 Å². The largest absolute Gasteiger partial charge is 0.461 e. The number of ether oxygens (including phenoxy) is 1. The van der Waals surface area contributed by atoms with E-state index in [9.17, 15) is 18.0 Å². The average Bonchev–Trinajstić information content (AvgIpc) is 2.59. The van der Waals surface area contributed by atoms with Gasteiger partial charge in [0.25, 0.3) is 5.91 Å². The van der Waals surface area contributed by atoms with E-state index in [1.54, 1.807) is 36.1 Å². The van der Waals surface area contributed by atoms with E-state index < -0.39 is 22.1 Å². The Morgan fingerprint density at radius 2 is 2.00 bits per heavy atom. The van der Waals surface area contributed by atoms with Crippen molar-refractivity contribution in [3.05, 3.63) is 35.9 Å². The van der Waals surface area contributed by atoms with Gasteiger partial charge in [0.15, 0.2) is 0 Å². The van der Waals surface area contributed by atoms with Crippen molar-refractivity contribution in [2.75, 3.05) is 25.9 Å². The standard InChI is InChI=1S/C17H24N2O5S/c1-13(11-18-25(2,22)23)24-17(21)15-9-6-10-19(12-15)16(20)14-7-4-3-5-8-14/h3-5,7-8,13,15,18H,6,9-12H2,1-2H3/t13-,15-/m1/s1. The van der Waals surface area contributed by atoms with Crippen LogP contribution in [0.3, 0.4) is 0 Å². The summed E-state index contributed by atoms with van der Waals surface area (Å²) >= 11 is 0. The monoisotopic (exact) mass is 368 g/mol. The van der Waals surface area contributed by atoms with Crippen molar-refractivity contribution in [3.8, 4) is 0 Å². The summed E-state index contributed by atoms with van der Waals surface area (Å²) in [5.41, 5.74) is 0.599. The minimum absolute atomic E-state index is 0.0317. The Bertz CT molecular complexity index is 705. The minimum Gasteiger partial charge on any atom is -0.461 e. The highest BCUT2D eigenvalue weighted by Crippen LogP contribution is 2.20. The maximum Gasteiger partial charge on any atom is 0.311 e. The topological polar surface area (TPSA) is 92.8 Å². The zero-order valence-electron chi connectivity index (χ0n) is 14.5. The zero-order chi connectivity index (χ0) is 18.4. The fourth-order valence-electron chi connectivity index (χ4n) is 2.72. The van der Waals surface area contributed by atoms with E-state index in [1.807, 2.05) is 6.07 Å². The first-order chi connectivity index (χ1) is 11.8. The van der Waals surface area contributed by atoms with Gasteiger partial charge in [-0.1, -0.05) is 18.2 Å². The lowest BCUT2D eigenvalue weighted by Gasteiger charge is -2.32. The molecule has 0 aliphatic carbocycles. The molecule has 0 bridgehead atoms. The Labute approximate surface area is 148 Å². The SMILES string of the molecule is C[C@H](CNS(C)(=O)=O)OC(=O)[C@@H]1CCCN(C(=O)c2ccccc2)C1. The van der Waals surface area contributed by atoms with Gasteiger partial charge in [-0.2, -0.15) is 0 Å². The number of sulfonamides is 1. The molecule has 1 saturated heterocycles. The summed E-state index contributed by atoms with van der Waals surface area (Å²) in [5, 5.41) is 0. The van der Waals surface area contributed by atoms with Crippen LogP contribution in [0.1, 0.15) is 30.1 Å². The van der Waals surface area contributed by atoms with Crippen LogP contribution in [0.4, 0.5) is 0 Å². The second-order valence-electron chi connectivity index (χ2n) is 6.32. The maximum atomic E-state index is 12.5. The molecule has 8 heteroatoms. The van der Waals surface area contributed by atoms with E-state index in [-0.39, 0.29) is 18.4 Å². The number of benzene rings is 1. The Kier molecular flexibility index (Phi) is 6.55. The molecule has 2 atom stereocenters. The predicted octanol–water partition coefficient (Wildman–Crippen LogP) is 1.02. The van der Waals surface area contributed by atoms with Gasteiger partial charge in [0.2, 0.25) is 10.0 Å². The lowest BCUT2D eigenvalue weighted by molar-refractivity contribution is -0.154. The Hall–Kier alpha value is -1.93. The second-order valence-corrected chi connectivity index (χ2v) is 8.16. The number of hydrogen-bond donors (Lipinski definition) is 1. The first-order valence-corrected chi connectivity index (χ1v) is 10.1. The van der Waals surface area contributed by atoms with Gasteiger partial charge in [0, 0.05) is 25.2 Å². The molecular formula is C17H24N2O5S. The normalized spacial score (nSPS) is 19.3. The average molecular weight is 368 g/mol. The van der Waals surface area contributed by atoms with E-state index in [4.69, 9.17) is 4.74 Å². The second kappa shape index (κ2) is 8.44. The van der Waals surface area contributed by atoms with Crippen molar-refractivity contribution in [2.45, 2.75) is 25.9 Å². The van der Waals surface area contributed by atoms with E-state index >= 15 is 0 Å². The van der Waals surface area contributed by atoms with E-state index in [0.717, 1.165) is 12.7 Å². The number of carbonyl (C=O) groups excluding carboxylic acids is 2. The molecule has 0 aromatic heterocycles.